The molecule has 106 valence electrons. The second kappa shape index (κ2) is 5.71. The van der Waals surface area contributed by atoms with Crippen LogP contribution in [-0.4, -0.2) is 17.3 Å². The molecule has 0 fully saturated rings. The Kier molecular flexibility index (Phi) is 3.60. The topological polar surface area (TPSA) is 49.9 Å². The van der Waals surface area contributed by atoms with Gasteiger partial charge in [-0.3, -0.25) is 5.10 Å². The smallest absolute Gasteiger partial charge is 0.152 e. The minimum atomic E-state index is 0.796. The van der Waals surface area contributed by atoms with Crippen LogP contribution < -0.4 is 10.1 Å². The minimum Gasteiger partial charge on any atom is -0.497 e. The van der Waals surface area contributed by atoms with Crippen LogP contribution in [-0.2, 0) is 0 Å². The Hall–Kier alpha value is -2.75. The van der Waals surface area contributed by atoms with Crippen molar-refractivity contribution in [1.29, 1.82) is 0 Å². The molecule has 0 saturated carbocycles. The number of hydrogen-bond acceptors (Lipinski definition) is 3. The number of anilines is 2. The van der Waals surface area contributed by atoms with Crippen molar-refractivity contribution in [3.8, 4) is 17.0 Å². The number of benzene rings is 2. The lowest BCUT2D eigenvalue weighted by Crippen LogP contribution is -1.89. The normalized spacial score (nSPS) is 10.4. The van der Waals surface area contributed by atoms with Gasteiger partial charge < -0.3 is 10.1 Å². The molecular weight excluding hydrogens is 262 g/mol. The summed E-state index contributed by atoms with van der Waals surface area (Å²) in [6, 6.07) is 18.1. The molecule has 4 heteroatoms. The maximum Gasteiger partial charge on any atom is 0.152 e. The molecule has 3 rings (SSSR count). The van der Waals surface area contributed by atoms with E-state index in [0.29, 0.717) is 0 Å². The van der Waals surface area contributed by atoms with E-state index in [0.717, 1.165) is 28.5 Å². The number of aromatic nitrogens is 2. The Morgan fingerprint density at radius 1 is 1.00 bits per heavy atom. The highest BCUT2D eigenvalue weighted by Gasteiger charge is 2.04. The van der Waals surface area contributed by atoms with Crippen LogP contribution in [0.1, 0.15) is 5.56 Å². The third kappa shape index (κ3) is 3.05. The van der Waals surface area contributed by atoms with Gasteiger partial charge in [0.25, 0.3) is 0 Å². The van der Waals surface area contributed by atoms with Crippen molar-refractivity contribution in [3.63, 3.8) is 0 Å². The summed E-state index contributed by atoms with van der Waals surface area (Å²) in [5, 5.41) is 10.6. The van der Waals surface area contributed by atoms with E-state index in [9.17, 15) is 0 Å². The molecule has 0 aliphatic heterocycles. The van der Waals surface area contributed by atoms with E-state index in [-0.39, 0.29) is 0 Å². The Labute approximate surface area is 123 Å². The maximum atomic E-state index is 5.16. The zero-order chi connectivity index (χ0) is 14.7. The highest BCUT2D eigenvalue weighted by molar-refractivity contribution is 5.66. The second-order valence-corrected chi connectivity index (χ2v) is 4.89. The molecule has 0 atom stereocenters. The lowest BCUT2D eigenvalue weighted by molar-refractivity contribution is 0.415. The molecule has 4 nitrogen and oxygen atoms in total. The second-order valence-electron chi connectivity index (χ2n) is 4.89. The first-order valence-electron chi connectivity index (χ1n) is 6.78. The van der Waals surface area contributed by atoms with Gasteiger partial charge >= 0.3 is 0 Å². The molecular formula is C17H17N3O. The molecule has 2 N–H and O–H groups in total. The molecule has 0 bridgehead atoms. The number of nitrogens with zero attached hydrogens (tertiary/aromatic N) is 1. The van der Waals surface area contributed by atoms with E-state index in [1.807, 2.05) is 42.5 Å². The van der Waals surface area contributed by atoms with E-state index in [1.165, 1.54) is 5.56 Å². The summed E-state index contributed by atoms with van der Waals surface area (Å²) in [5.74, 6) is 1.64. The zero-order valence-corrected chi connectivity index (χ0v) is 12.1. The van der Waals surface area contributed by atoms with Crippen LogP contribution >= 0.6 is 0 Å². The highest BCUT2D eigenvalue weighted by atomic mass is 16.5. The first kappa shape index (κ1) is 13.2. The van der Waals surface area contributed by atoms with Crippen molar-refractivity contribution in [3.05, 3.63) is 60.2 Å². The standard InChI is InChI=1S/C17H17N3O/c1-12-3-7-14(8-4-12)18-17-11-16(19-20-17)13-5-9-15(21-2)10-6-13/h3-11H,1-2H3,(H2,18,19,20). The maximum absolute atomic E-state index is 5.16. The van der Waals surface area contributed by atoms with E-state index < -0.39 is 0 Å². The van der Waals surface area contributed by atoms with Gasteiger partial charge in [0.15, 0.2) is 5.82 Å². The van der Waals surface area contributed by atoms with Crippen LogP contribution in [0.5, 0.6) is 5.75 Å². The SMILES string of the molecule is COc1ccc(-c2cc(Nc3ccc(C)cc3)n[nH]2)cc1. The van der Waals surface area contributed by atoms with Crippen molar-refractivity contribution in [1.82, 2.24) is 10.2 Å². The molecule has 2 aromatic carbocycles. The fourth-order valence-corrected chi connectivity index (χ4v) is 2.09. The third-order valence-corrected chi connectivity index (χ3v) is 3.30. The molecule has 0 saturated heterocycles. The summed E-state index contributed by atoms with van der Waals surface area (Å²) in [7, 11) is 1.66. The van der Waals surface area contributed by atoms with Crippen molar-refractivity contribution >= 4 is 11.5 Å². The average Bonchev–Trinajstić information content (AvgIpc) is 2.98. The summed E-state index contributed by atoms with van der Waals surface area (Å²) in [6.45, 7) is 2.07. The number of rotatable bonds is 4. The Bertz CT molecular complexity index is 715. The van der Waals surface area contributed by atoms with E-state index in [1.54, 1.807) is 7.11 Å². The van der Waals surface area contributed by atoms with Gasteiger partial charge in [0.2, 0.25) is 0 Å². The van der Waals surface area contributed by atoms with Crippen LogP contribution in [0, 0.1) is 6.92 Å². The number of aryl methyl sites for hydroxylation is 1. The summed E-state index contributed by atoms with van der Waals surface area (Å²) < 4.78 is 5.16. The van der Waals surface area contributed by atoms with Gasteiger partial charge in [0.1, 0.15) is 5.75 Å². The van der Waals surface area contributed by atoms with Crippen molar-refractivity contribution in [2.45, 2.75) is 6.92 Å². The number of nitrogens with one attached hydrogen (secondary N) is 2. The number of hydrogen-bond donors (Lipinski definition) is 2. The quantitative estimate of drug-likeness (QED) is 0.754. The Morgan fingerprint density at radius 3 is 2.38 bits per heavy atom. The van der Waals surface area contributed by atoms with Gasteiger partial charge in [-0.2, -0.15) is 5.10 Å². The highest BCUT2D eigenvalue weighted by Crippen LogP contribution is 2.24. The molecule has 0 radical (unpaired) electrons. The van der Waals surface area contributed by atoms with E-state index in [4.69, 9.17) is 4.74 Å². The summed E-state index contributed by atoms with van der Waals surface area (Å²) in [6.07, 6.45) is 0. The van der Waals surface area contributed by atoms with Crippen molar-refractivity contribution < 1.29 is 4.74 Å². The first-order valence-corrected chi connectivity index (χ1v) is 6.78. The largest absolute Gasteiger partial charge is 0.497 e. The first-order chi connectivity index (χ1) is 10.2. The molecule has 0 spiro atoms. The molecule has 3 aromatic rings. The molecule has 1 heterocycles. The number of ether oxygens (including phenoxy) is 1. The predicted octanol–water partition coefficient (Wildman–Crippen LogP) is 4.14. The van der Waals surface area contributed by atoms with Crippen LogP contribution in [0.4, 0.5) is 11.5 Å². The summed E-state index contributed by atoms with van der Waals surface area (Å²) >= 11 is 0. The lowest BCUT2D eigenvalue weighted by Gasteiger charge is -2.02. The van der Waals surface area contributed by atoms with E-state index in [2.05, 4.69) is 34.6 Å². The fraction of sp³-hybridized carbons (Fsp3) is 0.118. The third-order valence-electron chi connectivity index (χ3n) is 3.30. The van der Waals surface area contributed by atoms with Crippen LogP contribution in [0.3, 0.4) is 0 Å². The predicted molar refractivity (Wildman–Crippen MR) is 85.0 cm³/mol. The summed E-state index contributed by atoms with van der Waals surface area (Å²) in [5.41, 5.74) is 4.29. The number of aromatic amines is 1. The van der Waals surface area contributed by atoms with Gasteiger partial charge in [0, 0.05) is 11.8 Å². The average molecular weight is 279 g/mol. The van der Waals surface area contributed by atoms with Gasteiger partial charge in [-0.05, 0) is 48.9 Å². The molecule has 0 aliphatic rings. The zero-order valence-electron chi connectivity index (χ0n) is 12.1. The van der Waals surface area contributed by atoms with Crippen molar-refractivity contribution in [2.24, 2.45) is 0 Å². The van der Waals surface area contributed by atoms with Gasteiger partial charge in [-0.1, -0.05) is 17.7 Å². The summed E-state index contributed by atoms with van der Waals surface area (Å²) in [4.78, 5) is 0. The van der Waals surface area contributed by atoms with Crippen LogP contribution in [0.15, 0.2) is 54.6 Å². The van der Waals surface area contributed by atoms with Gasteiger partial charge in [0.05, 0.1) is 12.8 Å². The molecule has 0 unspecified atom stereocenters. The van der Waals surface area contributed by atoms with Gasteiger partial charge in [-0.15, -0.1) is 0 Å². The minimum absolute atomic E-state index is 0.796. The molecule has 1 aromatic heterocycles. The number of H-pyrrole nitrogens is 1. The van der Waals surface area contributed by atoms with Crippen LogP contribution in [0.2, 0.25) is 0 Å². The van der Waals surface area contributed by atoms with Gasteiger partial charge in [-0.25, -0.2) is 0 Å². The molecule has 0 amide bonds. The Balaban J connectivity index is 1.77. The van der Waals surface area contributed by atoms with E-state index >= 15 is 0 Å². The lowest BCUT2D eigenvalue weighted by atomic mass is 10.1. The molecule has 0 aliphatic carbocycles. The fourth-order valence-electron chi connectivity index (χ4n) is 2.09. The Morgan fingerprint density at radius 2 is 1.71 bits per heavy atom. The monoisotopic (exact) mass is 279 g/mol. The molecule has 21 heavy (non-hydrogen) atoms. The van der Waals surface area contributed by atoms with Crippen molar-refractivity contribution in [2.75, 3.05) is 12.4 Å². The number of methoxy groups -OCH3 is 1. The van der Waals surface area contributed by atoms with Crippen LogP contribution in [0.25, 0.3) is 11.3 Å².